The van der Waals surface area contributed by atoms with E-state index in [1.54, 1.807) is 67.6 Å². The number of unbranched alkanes of at least 4 members (excludes halogenated alkanes) is 2. The quantitative estimate of drug-likeness (QED) is 0.0272. The van der Waals surface area contributed by atoms with Crippen LogP contribution < -0.4 is 45.1 Å². The lowest BCUT2D eigenvalue weighted by atomic mass is 9.95. The lowest BCUT2D eigenvalue weighted by Crippen LogP contribution is -2.53. The zero-order valence-electron chi connectivity index (χ0n) is 66.6. The van der Waals surface area contributed by atoms with Crippen molar-refractivity contribution in [2.24, 2.45) is 16.8 Å². The van der Waals surface area contributed by atoms with Crippen molar-refractivity contribution >= 4 is 76.6 Å². The molecular formula is C83H109N9O23. The number of aliphatic imine (C=N–C) groups is 1. The highest BCUT2D eigenvalue weighted by Crippen LogP contribution is 2.43. The Kier molecular flexibility index (Phi) is 35.8. The van der Waals surface area contributed by atoms with Crippen molar-refractivity contribution in [1.82, 2.24) is 30.7 Å². The van der Waals surface area contributed by atoms with Gasteiger partial charge in [0.15, 0.2) is 29.2 Å². The van der Waals surface area contributed by atoms with Gasteiger partial charge in [0, 0.05) is 68.8 Å². The second-order valence-electron chi connectivity index (χ2n) is 28.2. The Labute approximate surface area is 670 Å². The van der Waals surface area contributed by atoms with E-state index >= 15 is 0 Å². The van der Waals surface area contributed by atoms with Crippen molar-refractivity contribution in [3.05, 3.63) is 137 Å². The number of fused-ring (bicyclic) bond motifs is 4. The number of aliphatic hydroxyl groups is 1. The third-order valence-corrected chi connectivity index (χ3v) is 19.2. The molecule has 0 bridgehead atoms. The molecule has 9 amide bonds. The summed E-state index contributed by atoms with van der Waals surface area (Å²) in [5.74, 6) is -2.46. The molecule has 9 rings (SSSR count). The minimum Gasteiger partial charge on any atom is -0.493 e. The number of aliphatic hydroxyl groups excluding tert-OH is 1. The van der Waals surface area contributed by atoms with Gasteiger partial charge in [-0.15, -0.1) is 0 Å². The zero-order chi connectivity index (χ0) is 82.0. The minimum atomic E-state index is -1.53. The second-order valence-corrected chi connectivity index (χ2v) is 28.2. The fourth-order valence-electron chi connectivity index (χ4n) is 13.1. The average molecular weight is 1600 g/mol. The van der Waals surface area contributed by atoms with Gasteiger partial charge < -0.3 is 97.8 Å². The number of methoxy groups -OCH3 is 2. The first kappa shape index (κ1) is 88.8. The summed E-state index contributed by atoms with van der Waals surface area (Å²) in [5.41, 5.74) is 4.67. The standard InChI is InChI=1S/C83H109N9O23/c1-55(2)76(88-74(94)23-28-105-30-32-107-34-36-109-38-40-111-42-43-112-41-39-110-37-35-108-33-31-106-29-24-84-73(93)22-25-89-75(95)48-63(79(89)98)60-16-12-9-8-10-13-17-60)78(97)86-58(5)77(96)87-61-20-18-59(19-21-61)54-115-83(102)92-67-50-72(70(104-7)47-65(67)81(100)91-53-57(4)45-68(91)82(92)101)114-27-15-11-14-26-113-71-49-66-64(46-69(71)103-6)80(99)90-52-56(3)44-62(90)51-85-66/h8-10,12-13,16-21,46-47,49-53,55,58,62-63,68,76,82,101H,11,14-15,22-45,48,54H2,1-7H3,(H,84,93)(H,86,97)(H,87,96)(H,88,94)/b9-8-,10-8?,12-9?,13-10-,16-12-,17-13?,60-16?,60-17+/t58?,62-,63?,68-,76-,82-/m0/s1. The minimum absolute atomic E-state index is 0.0125. The van der Waals surface area contributed by atoms with Crippen molar-refractivity contribution in [3.63, 3.8) is 0 Å². The van der Waals surface area contributed by atoms with E-state index in [4.69, 9.17) is 61.6 Å². The number of benzene rings is 3. The van der Waals surface area contributed by atoms with E-state index in [1.165, 1.54) is 43.1 Å². The van der Waals surface area contributed by atoms with Gasteiger partial charge in [-0.3, -0.25) is 48.2 Å². The summed E-state index contributed by atoms with van der Waals surface area (Å²) in [7, 11) is 2.96. The van der Waals surface area contributed by atoms with Crippen LogP contribution in [0.1, 0.15) is 112 Å². The number of nitrogens with one attached hydrogen (secondary N) is 4. The number of carbonyl (C=O) groups excluding carboxylic acids is 9. The van der Waals surface area contributed by atoms with Crippen LogP contribution in [0.25, 0.3) is 0 Å². The fourth-order valence-corrected chi connectivity index (χ4v) is 13.1. The number of hydrogen-bond acceptors (Lipinski definition) is 24. The number of nitrogens with zero attached hydrogens (tertiary/aromatic N) is 5. The number of amides is 9. The number of carbonyl (C=O) groups is 9. The van der Waals surface area contributed by atoms with Crippen LogP contribution in [0.15, 0.2) is 125 Å². The summed E-state index contributed by atoms with van der Waals surface area (Å²) >= 11 is 0. The fraction of sp³-hybridized carbons (Fsp3) is 0.518. The molecule has 3 aromatic carbocycles. The average Bonchev–Trinajstić information content (AvgIpc) is 1.61. The van der Waals surface area contributed by atoms with E-state index < -0.39 is 60.0 Å². The largest absolute Gasteiger partial charge is 0.493 e. The van der Waals surface area contributed by atoms with Gasteiger partial charge in [0.1, 0.15) is 18.7 Å². The Hall–Kier alpha value is -10.2. The topological polar surface area (TPSA) is 367 Å². The summed E-state index contributed by atoms with van der Waals surface area (Å²) in [4.78, 5) is 130. The van der Waals surface area contributed by atoms with Gasteiger partial charge in [-0.05, 0) is 94.2 Å². The Bertz CT molecular complexity index is 4040. The maximum Gasteiger partial charge on any atom is 0.416 e. The van der Waals surface area contributed by atoms with E-state index in [9.17, 15) is 48.3 Å². The molecule has 0 spiro atoms. The Balaban J connectivity index is 0.571. The van der Waals surface area contributed by atoms with Crippen LogP contribution in [0.5, 0.6) is 23.0 Å². The molecule has 1 fully saturated rings. The molecule has 6 atom stereocenters. The summed E-state index contributed by atoms with van der Waals surface area (Å²) in [6, 6.07) is 9.93. The monoisotopic (exact) mass is 1600 g/mol. The van der Waals surface area contributed by atoms with E-state index in [0.29, 0.717) is 146 Å². The lowest BCUT2D eigenvalue weighted by Gasteiger charge is -2.31. The number of ether oxygens (including phenoxy) is 13. The van der Waals surface area contributed by atoms with Crippen molar-refractivity contribution < 1.29 is 110 Å². The third kappa shape index (κ3) is 26.7. The maximum absolute atomic E-state index is 14.3. The highest BCUT2D eigenvalue weighted by molar-refractivity contribution is 6.08. The van der Waals surface area contributed by atoms with Gasteiger partial charge in [-0.1, -0.05) is 79.7 Å². The SMILES string of the molecule is COc1cc2c(cc1OCCCCCOc1cc3c(cc1OC)C(=O)N1C=C(C)C[C@H]1[C@H](O)N3C(=O)OCc1ccc(NC(=O)C(C)NC(=O)[C@@H](NC(=O)CCOCCOCCOCCOCCOCCOCCOCCOCCNC(=O)CCN3C(=O)CC(C4=C/C=C\C=C/C=C\4)C3=O)C(C)C)cc1)N=C[C@@H]1CC(C)=CN1C2=O. The second kappa shape index (κ2) is 46.4. The molecule has 5 N–H and O–H groups in total. The van der Waals surface area contributed by atoms with Gasteiger partial charge in [0.05, 0.1) is 174 Å². The molecule has 1 saturated heterocycles. The van der Waals surface area contributed by atoms with Crippen LogP contribution in [0.3, 0.4) is 0 Å². The Morgan fingerprint density at radius 3 is 1.75 bits per heavy atom. The molecule has 0 aromatic heterocycles. The third-order valence-electron chi connectivity index (χ3n) is 19.2. The maximum atomic E-state index is 14.3. The highest BCUT2D eigenvalue weighted by atomic mass is 16.6. The molecule has 32 nitrogen and oxygen atoms in total. The van der Waals surface area contributed by atoms with Gasteiger partial charge in [-0.2, -0.15) is 0 Å². The lowest BCUT2D eigenvalue weighted by molar-refractivity contribution is -0.139. The number of anilines is 2. The molecule has 0 radical (unpaired) electrons. The van der Waals surface area contributed by atoms with Crippen LogP contribution in [0.2, 0.25) is 0 Å². The predicted octanol–water partition coefficient (Wildman–Crippen LogP) is 7.36. The summed E-state index contributed by atoms with van der Waals surface area (Å²) in [6.07, 6.45) is 18.7. The Morgan fingerprint density at radius 2 is 1.13 bits per heavy atom. The van der Waals surface area contributed by atoms with Crippen LogP contribution in [-0.4, -0.2) is 256 Å². The zero-order valence-corrected chi connectivity index (χ0v) is 66.6. The molecule has 5 aliphatic heterocycles. The van der Waals surface area contributed by atoms with E-state index in [1.807, 2.05) is 62.6 Å². The van der Waals surface area contributed by atoms with Crippen molar-refractivity contribution in [3.8, 4) is 23.0 Å². The van der Waals surface area contributed by atoms with Gasteiger partial charge in [0.2, 0.25) is 35.4 Å². The van der Waals surface area contributed by atoms with Crippen molar-refractivity contribution in [2.45, 2.75) is 123 Å². The van der Waals surface area contributed by atoms with Gasteiger partial charge in [0.25, 0.3) is 11.8 Å². The van der Waals surface area contributed by atoms with Crippen LogP contribution in [-0.2, 0) is 78.0 Å². The summed E-state index contributed by atoms with van der Waals surface area (Å²) in [6.45, 7) is 14.9. The van der Waals surface area contributed by atoms with Gasteiger partial charge in [-0.25, -0.2) is 9.69 Å². The Morgan fingerprint density at radius 1 is 0.574 bits per heavy atom. The molecule has 6 aliphatic rings. The highest BCUT2D eigenvalue weighted by Gasteiger charge is 2.46. The van der Waals surface area contributed by atoms with E-state index in [0.717, 1.165) is 28.0 Å². The molecule has 3 aromatic rings. The van der Waals surface area contributed by atoms with E-state index in [-0.39, 0.29) is 130 Å². The first-order valence-corrected chi connectivity index (χ1v) is 39.0. The van der Waals surface area contributed by atoms with Crippen LogP contribution in [0.4, 0.5) is 21.9 Å². The number of imide groups is 1. The number of hydrogen-bond donors (Lipinski definition) is 5. The molecular weight excluding hydrogens is 1490 g/mol. The van der Waals surface area contributed by atoms with E-state index in [2.05, 4.69) is 26.3 Å². The normalized spacial score (nSPS) is 19.3. The van der Waals surface area contributed by atoms with Crippen molar-refractivity contribution in [1.29, 1.82) is 0 Å². The van der Waals surface area contributed by atoms with Gasteiger partial charge >= 0.3 is 6.09 Å². The van der Waals surface area contributed by atoms with Crippen LogP contribution in [0, 0.1) is 11.8 Å². The number of allylic oxidation sites excluding steroid dienone is 7. The smallest absolute Gasteiger partial charge is 0.416 e. The molecule has 624 valence electrons. The molecule has 5 heterocycles. The summed E-state index contributed by atoms with van der Waals surface area (Å²) in [5, 5.41) is 22.9. The number of likely N-dealkylation sites (tertiary alicyclic amines) is 1. The molecule has 115 heavy (non-hydrogen) atoms. The molecule has 32 heteroatoms. The molecule has 1 aliphatic carbocycles. The molecule has 2 unspecified atom stereocenters. The summed E-state index contributed by atoms with van der Waals surface area (Å²) < 4.78 is 73.9. The first-order valence-electron chi connectivity index (χ1n) is 39.0. The number of rotatable bonds is 49. The predicted molar refractivity (Wildman–Crippen MR) is 423 cm³/mol. The van der Waals surface area contributed by atoms with Crippen LogP contribution >= 0.6 is 0 Å². The van der Waals surface area contributed by atoms with Crippen molar-refractivity contribution in [2.75, 3.05) is 156 Å². The molecule has 0 saturated carbocycles. The first-order chi connectivity index (χ1) is 55.7.